The summed E-state index contributed by atoms with van der Waals surface area (Å²) in [4.78, 5) is 25.5. The molecule has 0 atom stereocenters. The molecule has 2 N–H and O–H groups in total. The fourth-order valence-electron chi connectivity index (χ4n) is 2.56. The number of methoxy groups -OCH3 is 1. The van der Waals surface area contributed by atoms with E-state index in [1.807, 2.05) is 19.9 Å². The zero-order chi connectivity index (χ0) is 21.2. The number of carbonyl (C=O) groups is 2. The number of para-hydroxylation sites is 1. The van der Waals surface area contributed by atoms with Crippen LogP contribution in [0.15, 0.2) is 46.9 Å². The van der Waals surface area contributed by atoms with Crippen LogP contribution < -0.4 is 15.4 Å². The van der Waals surface area contributed by atoms with Gasteiger partial charge in [-0.15, -0.1) is 0 Å². The second-order valence-corrected chi connectivity index (χ2v) is 7.86. The Hall–Kier alpha value is -2.38. The van der Waals surface area contributed by atoms with Crippen molar-refractivity contribution in [3.05, 3.63) is 58.1 Å². The van der Waals surface area contributed by atoms with Crippen LogP contribution in [0.25, 0.3) is 0 Å². The summed E-state index contributed by atoms with van der Waals surface area (Å²) in [5.41, 5.74) is 1.24. The number of ether oxygens (including phenoxy) is 2. The van der Waals surface area contributed by atoms with Gasteiger partial charge in [-0.05, 0) is 42.7 Å². The minimum atomic E-state index is -0.343. The van der Waals surface area contributed by atoms with Crippen LogP contribution in [0.5, 0.6) is 5.75 Å². The average Bonchev–Trinajstić information content (AvgIpc) is 2.70. The molecule has 0 fully saturated rings. The third-order valence-electron chi connectivity index (χ3n) is 3.99. The number of hydrogen-bond donors (Lipinski definition) is 2. The van der Waals surface area contributed by atoms with E-state index in [0.717, 1.165) is 4.47 Å². The van der Waals surface area contributed by atoms with E-state index in [1.54, 1.807) is 43.5 Å². The number of rotatable bonds is 10. The number of hydrogen-bond acceptors (Lipinski definition) is 4. The zero-order valence-electron chi connectivity index (χ0n) is 17.0. The summed E-state index contributed by atoms with van der Waals surface area (Å²) >= 11 is 3.40. The SMILES string of the molecule is COCCCNC(=O)c1ccccc1NC(=O)c1cc(Br)ccc1OCC(C)C. The summed E-state index contributed by atoms with van der Waals surface area (Å²) in [6, 6.07) is 12.2. The van der Waals surface area contributed by atoms with Crippen LogP contribution in [-0.2, 0) is 4.74 Å². The van der Waals surface area contributed by atoms with Gasteiger partial charge in [0.1, 0.15) is 5.75 Å². The fourth-order valence-corrected chi connectivity index (χ4v) is 2.92. The maximum Gasteiger partial charge on any atom is 0.259 e. The molecule has 156 valence electrons. The van der Waals surface area contributed by atoms with Crippen LogP contribution in [-0.4, -0.2) is 38.7 Å². The van der Waals surface area contributed by atoms with Gasteiger partial charge in [-0.25, -0.2) is 0 Å². The first-order valence-corrected chi connectivity index (χ1v) is 10.3. The first kappa shape index (κ1) is 22.9. The topological polar surface area (TPSA) is 76.7 Å². The van der Waals surface area contributed by atoms with Gasteiger partial charge in [-0.3, -0.25) is 9.59 Å². The van der Waals surface area contributed by atoms with Gasteiger partial charge < -0.3 is 20.1 Å². The summed E-state index contributed by atoms with van der Waals surface area (Å²) in [7, 11) is 1.62. The molecule has 0 aliphatic carbocycles. The molecule has 7 heteroatoms. The van der Waals surface area contributed by atoms with Gasteiger partial charge in [0.05, 0.1) is 23.4 Å². The van der Waals surface area contributed by atoms with Crippen molar-refractivity contribution in [2.45, 2.75) is 20.3 Å². The molecule has 0 aromatic heterocycles. The molecule has 0 heterocycles. The molecule has 0 unspecified atom stereocenters. The quantitative estimate of drug-likeness (QED) is 0.509. The first-order chi connectivity index (χ1) is 13.9. The molecule has 0 saturated carbocycles. The number of amides is 2. The number of anilines is 1. The van der Waals surface area contributed by atoms with Crippen molar-refractivity contribution >= 4 is 33.4 Å². The van der Waals surface area contributed by atoms with E-state index < -0.39 is 0 Å². The van der Waals surface area contributed by atoms with Crippen LogP contribution in [0.4, 0.5) is 5.69 Å². The highest BCUT2D eigenvalue weighted by atomic mass is 79.9. The summed E-state index contributed by atoms with van der Waals surface area (Å²) < 4.78 is 11.5. The summed E-state index contributed by atoms with van der Waals surface area (Å²) in [5.74, 6) is 0.241. The standard InChI is InChI=1S/C22H27BrN2O4/c1-15(2)14-29-20-10-9-16(23)13-18(20)22(27)25-19-8-5-4-7-17(19)21(26)24-11-6-12-28-3/h4-5,7-10,13,15H,6,11-12,14H2,1-3H3,(H,24,26)(H,25,27). The van der Waals surface area contributed by atoms with Crippen LogP contribution in [0.1, 0.15) is 41.0 Å². The number of nitrogens with one attached hydrogen (secondary N) is 2. The zero-order valence-corrected chi connectivity index (χ0v) is 18.5. The molecule has 2 rings (SSSR count). The summed E-state index contributed by atoms with van der Waals surface area (Å²) in [6.45, 7) is 5.65. The Morgan fingerprint density at radius 3 is 2.55 bits per heavy atom. The molecule has 2 aromatic rings. The Morgan fingerprint density at radius 2 is 1.83 bits per heavy atom. The van der Waals surface area contributed by atoms with Crippen molar-refractivity contribution in [3.63, 3.8) is 0 Å². The van der Waals surface area contributed by atoms with E-state index in [-0.39, 0.29) is 11.8 Å². The van der Waals surface area contributed by atoms with Crippen molar-refractivity contribution in [1.82, 2.24) is 5.32 Å². The van der Waals surface area contributed by atoms with E-state index in [4.69, 9.17) is 9.47 Å². The highest BCUT2D eigenvalue weighted by molar-refractivity contribution is 9.10. The van der Waals surface area contributed by atoms with Crippen molar-refractivity contribution in [3.8, 4) is 5.75 Å². The van der Waals surface area contributed by atoms with Crippen LogP contribution in [0, 0.1) is 5.92 Å². The first-order valence-electron chi connectivity index (χ1n) is 9.52. The van der Waals surface area contributed by atoms with Gasteiger partial charge in [0, 0.05) is 24.7 Å². The molecule has 29 heavy (non-hydrogen) atoms. The molecule has 2 amide bonds. The number of benzene rings is 2. The van der Waals surface area contributed by atoms with Crippen molar-refractivity contribution in [2.75, 3.05) is 32.2 Å². The highest BCUT2D eigenvalue weighted by Gasteiger charge is 2.17. The van der Waals surface area contributed by atoms with Gasteiger partial charge in [0.2, 0.25) is 0 Å². The molecular weight excluding hydrogens is 436 g/mol. The Morgan fingerprint density at radius 1 is 1.07 bits per heavy atom. The molecule has 0 radical (unpaired) electrons. The van der Waals surface area contributed by atoms with Gasteiger partial charge in [-0.1, -0.05) is 41.9 Å². The van der Waals surface area contributed by atoms with Crippen LogP contribution >= 0.6 is 15.9 Å². The molecule has 0 bridgehead atoms. The smallest absolute Gasteiger partial charge is 0.259 e. The Balaban J connectivity index is 2.17. The molecule has 0 spiro atoms. The van der Waals surface area contributed by atoms with Crippen LogP contribution in [0.2, 0.25) is 0 Å². The second kappa shape index (κ2) is 11.6. The predicted molar refractivity (Wildman–Crippen MR) is 118 cm³/mol. The number of carbonyl (C=O) groups excluding carboxylic acids is 2. The third-order valence-corrected chi connectivity index (χ3v) is 4.48. The maximum atomic E-state index is 12.9. The molecule has 0 aliphatic heterocycles. The molecule has 2 aromatic carbocycles. The van der Waals surface area contributed by atoms with E-state index in [2.05, 4.69) is 26.6 Å². The monoisotopic (exact) mass is 462 g/mol. The van der Waals surface area contributed by atoms with Crippen molar-refractivity contribution in [1.29, 1.82) is 0 Å². The lowest BCUT2D eigenvalue weighted by Gasteiger charge is -2.15. The van der Waals surface area contributed by atoms with Gasteiger partial charge in [-0.2, -0.15) is 0 Å². The minimum Gasteiger partial charge on any atom is -0.492 e. The lowest BCUT2D eigenvalue weighted by atomic mass is 10.1. The van der Waals surface area contributed by atoms with E-state index >= 15 is 0 Å². The Labute approximate surface area is 180 Å². The number of halogens is 1. The lowest BCUT2D eigenvalue weighted by molar-refractivity contribution is 0.0949. The van der Waals surface area contributed by atoms with Gasteiger partial charge in [0.15, 0.2) is 0 Å². The second-order valence-electron chi connectivity index (χ2n) is 6.95. The van der Waals surface area contributed by atoms with Gasteiger partial charge >= 0.3 is 0 Å². The molecular formula is C22H27BrN2O4. The van der Waals surface area contributed by atoms with E-state index in [0.29, 0.717) is 54.7 Å². The highest BCUT2D eigenvalue weighted by Crippen LogP contribution is 2.26. The fraction of sp³-hybridized carbons (Fsp3) is 0.364. The lowest BCUT2D eigenvalue weighted by Crippen LogP contribution is -2.26. The largest absolute Gasteiger partial charge is 0.492 e. The Bertz CT molecular complexity index is 839. The maximum absolute atomic E-state index is 12.9. The summed E-state index contributed by atoms with van der Waals surface area (Å²) in [6.07, 6.45) is 0.714. The third kappa shape index (κ3) is 7.18. The van der Waals surface area contributed by atoms with Crippen molar-refractivity contribution in [2.24, 2.45) is 5.92 Å². The molecule has 0 aliphatic rings. The minimum absolute atomic E-state index is 0.248. The Kier molecular flexibility index (Phi) is 9.15. The van der Waals surface area contributed by atoms with Gasteiger partial charge in [0.25, 0.3) is 11.8 Å². The summed E-state index contributed by atoms with van der Waals surface area (Å²) in [5, 5.41) is 5.68. The average molecular weight is 463 g/mol. The van der Waals surface area contributed by atoms with Crippen molar-refractivity contribution < 1.29 is 19.1 Å². The molecule has 0 saturated heterocycles. The van der Waals surface area contributed by atoms with Crippen LogP contribution in [0.3, 0.4) is 0 Å². The normalized spacial score (nSPS) is 10.7. The molecule has 6 nitrogen and oxygen atoms in total. The predicted octanol–water partition coefficient (Wildman–Crippen LogP) is 4.50. The van der Waals surface area contributed by atoms with E-state index in [9.17, 15) is 9.59 Å². The van der Waals surface area contributed by atoms with E-state index in [1.165, 1.54) is 0 Å².